The number of hydrazone groups is 2. The van der Waals surface area contributed by atoms with E-state index in [0.29, 0.717) is 6.54 Å². The maximum absolute atomic E-state index is 12.3. The van der Waals surface area contributed by atoms with E-state index in [0.717, 1.165) is 37.9 Å². The molecule has 0 aliphatic carbocycles. The molecule has 1 saturated heterocycles. The van der Waals surface area contributed by atoms with Crippen LogP contribution < -0.4 is 16.2 Å². The molecule has 0 bridgehead atoms. The Morgan fingerprint density at radius 2 is 1.62 bits per heavy atom. The van der Waals surface area contributed by atoms with Crippen LogP contribution in [0.1, 0.15) is 38.7 Å². The van der Waals surface area contributed by atoms with Gasteiger partial charge in [-0.15, -0.1) is 10.2 Å². The van der Waals surface area contributed by atoms with Crippen molar-refractivity contribution in [3.05, 3.63) is 35.9 Å². The molecule has 140 valence electrons. The van der Waals surface area contributed by atoms with Gasteiger partial charge in [-0.2, -0.15) is 0 Å². The van der Waals surface area contributed by atoms with Crippen molar-refractivity contribution in [1.82, 2.24) is 21.1 Å². The molecule has 2 aliphatic heterocycles. The van der Waals surface area contributed by atoms with Gasteiger partial charge in [-0.3, -0.25) is 20.4 Å². The molecule has 2 heterocycles. The zero-order valence-corrected chi connectivity index (χ0v) is 15.3. The number of carbonyl (C=O) groups is 2. The molecular formula is C18H26N6O2. The van der Waals surface area contributed by atoms with E-state index in [-0.39, 0.29) is 23.5 Å². The zero-order chi connectivity index (χ0) is 18.8. The molecular weight excluding hydrogens is 332 g/mol. The first-order chi connectivity index (χ1) is 12.7. The second kappa shape index (κ2) is 10.2. The predicted molar refractivity (Wildman–Crippen MR) is 101 cm³/mol. The van der Waals surface area contributed by atoms with Crippen LogP contribution in [0.5, 0.6) is 0 Å². The first kappa shape index (κ1) is 19.4. The Morgan fingerprint density at radius 1 is 1.00 bits per heavy atom. The molecule has 0 radical (unpaired) electrons. The Bertz CT molecular complexity index is 666. The van der Waals surface area contributed by atoms with Crippen LogP contribution >= 0.6 is 0 Å². The summed E-state index contributed by atoms with van der Waals surface area (Å²) in [6.07, 6.45) is 3.15. The topological polar surface area (TPSA) is 98.2 Å². The van der Waals surface area contributed by atoms with Gasteiger partial charge < -0.3 is 10.2 Å². The van der Waals surface area contributed by atoms with Crippen molar-refractivity contribution < 1.29 is 9.59 Å². The maximum Gasteiger partial charge on any atom is 0.292 e. The van der Waals surface area contributed by atoms with Gasteiger partial charge in [0.1, 0.15) is 0 Å². The van der Waals surface area contributed by atoms with Crippen molar-refractivity contribution in [3.63, 3.8) is 0 Å². The standard InChI is InChI=1S/C16H20N6O2.C2H6/c23-15(17-11-12-7-3-1-4-8-12)13-18-20-14(21-19-13)16(24)22-9-5-2-6-10-22;1-2/h1,3-4,7-8H,2,5-6,9-11H2,(H,17,23)(H,18,19)(H,20,21);1-2H3. The van der Waals surface area contributed by atoms with Gasteiger partial charge in [-0.1, -0.05) is 44.2 Å². The lowest BCUT2D eigenvalue weighted by molar-refractivity contribution is -0.125. The van der Waals surface area contributed by atoms with Gasteiger partial charge in [0.15, 0.2) is 0 Å². The molecule has 0 aromatic heterocycles. The average Bonchev–Trinajstić information content (AvgIpc) is 2.74. The highest BCUT2D eigenvalue weighted by molar-refractivity contribution is 6.42. The third-order valence-corrected chi connectivity index (χ3v) is 3.90. The third-order valence-electron chi connectivity index (χ3n) is 3.90. The Balaban J connectivity index is 0.00000117. The van der Waals surface area contributed by atoms with Crippen molar-refractivity contribution in [2.75, 3.05) is 13.1 Å². The van der Waals surface area contributed by atoms with Gasteiger partial charge in [0.25, 0.3) is 11.8 Å². The van der Waals surface area contributed by atoms with Crippen LogP contribution in [-0.4, -0.2) is 41.5 Å². The van der Waals surface area contributed by atoms with Crippen molar-refractivity contribution in [2.24, 2.45) is 10.2 Å². The molecule has 26 heavy (non-hydrogen) atoms. The van der Waals surface area contributed by atoms with Gasteiger partial charge in [0, 0.05) is 19.6 Å². The molecule has 0 unspecified atom stereocenters. The molecule has 2 amide bonds. The maximum atomic E-state index is 12.3. The fourth-order valence-electron chi connectivity index (χ4n) is 2.57. The van der Waals surface area contributed by atoms with Crippen molar-refractivity contribution in [1.29, 1.82) is 0 Å². The summed E-state index contributed by atoms with van der Waals surface area (Å²) >= 11 is 0. The average molecular weight is 358 g/mol. The van der Waals surface area contributed by atoms with Crippen molar-refractivity contribution in [3.8, 4) is 0 Å². The monoisotopic (exact) mass is 358 g/mol. The van der Waals surface area contributed by atoms with E-state index in [2.05, 4.69) is 26.4 Å². The minimum Gasteiger partial charge on any atom is -0.345 e. The molecule has 2 aliphatic rings. The molecule has 0 saturated carbocycles. The quantitative estimate of drug-likeness (QED) is 0.752. The van der Waals surface area contributed by atoms with E-state index in [4.69, 9.17) is 0 Å². The highest BCUT2D eigenvalue weighted by Crippen LogP contribution is 2.09. The Kier molecular flexibility index (Phi) is 7.60. The highest BCUT2D eigenvalue weighted by Gasteiger charge is 2.25. The number of nitrogens with one attached hydrogen (secondary N) is 3. The number of benzene rings is 1. The molecule has 0 spiro atoms. The summed E-state index contributed by atoms with van der Waals surface area (Å²) in [6.45, 7) is 5.85. The van der Waals surface area contributed by atoms with Gasteiger partial charge in [-0.05, 0) is 24.8 Å². The first-order valence-corrected chi connectivity index (χ1v) is 9.03. The number of nitrogens with zero attached hydrogens (tertiary/aromatic N) is 3. The predicted octanol–water partition coefficient (Wildman–Crippen LogP) is 1.16. The highest BCUT2D eigenvalue weighted by atomic mass is 16.2. The second-order valence-electron chi connectivity index (χ2n) is 5.67. The van der Waals surface area contributed by atoms with E-state index in [9.17, 15) is 9.59 Å². The lowest BCUT2D eigenvalue weighted by atomic mass is 10.1. The lowest BCUT2D eigenvalue weighted by Gasteiger charge is -2.27. The molecule has 8 nitrogen and oxygen atoms in total. The lowest BCUT2D eigenvalue weighted by Crippen LogP contribution is -2.49. The van der Waals surface area contributed by atoms with Gasteiger partial charge in [0.05, 0.1) is 0 Å². The minimum absolute atomic E-state index is 0.0288. The number of hydrogen-bond acceptors (Lipinski definition) is 6. The molecule has 3 N–H and O–H groups in total. The third kappa shape index (κ3) is 5.30. The van der Waals surface area contributed by atoms with E-state index >= 15 is 0 Å². The van der Waals surface area contributed by atoms with E-state index < -0.39 is 0 Å². The zero-order valence-electron chi connectivity index (χ0n) is 15.3. The summed E-state index contributed by atoms with van der Waals surface area (Å²) in [5.74, 6) is -0.452. The number of amidine groups is 2. The number of hydrogen-bond donors (Lipinski definition) is 3. The number of rotatable bonds is 4. The summed E-state index contributed by atoms with van der Waals surface area (Å²) in [7, 11) is 0. The smallest absolute Gasteiger partial charge is 0.292 e. The number of likely N-dealkylation sites (tertiary alicyclic amines) is 1. The SMILES string of the molecule is CC.O=C(NCc1ccccc1)C1=NNC(C(=O)N2CCCCC2)=NN1. The first-order valence-electron chi connectivity index (χ1n) is 9.03. The number of carbonyl (C=O) groups excluding carboxylic acids is 2. The second-order valence-corrected chi connectivity index (χ2v) is 5.67. The van der Waals surface area contributed by atoms with Crippen LogP contribution in [0.15, 0.2) is 40.5 Å². The molecule has 1 aromatic rings. The summed E-state index contributed by atoms with van der Waals surface area (Å²) in [4.78, 5) is 26.0. The van der Waals surface area contributed by atoms with Gasteiger partial charge in [-0.25, -0.2) is 0 Å². The van der Waals surface area contributed by atoms with Crippen LogP contribution in [0.3, 0.4) is 0 Å². The minimum atomic E-state index is -0.389. The van der Waals surface area contributed by atoms with Gasteiger partial charge >= 0.3 is 0 Å². The van der Waals surface area contributed by atoms with E-state index in [1.165, 1.54) is 0 Å². The summed E-state index contributed by atoms with van der Waals surface area (Å²) < 4.78 is 0. The largest absolute Gasteiger partial charge is 0.345 e. The van der Waals surface area contributed by atoms with Crippen LogP contribution in [0, 0.1) is 0 Å². The Morgan fingerprint density at radius 3 is 2.23 bits per heavy atom. The van der Waals surface area contributed by atoms with E-state index in [1.807, 2.05) is 44.2 Å². The van der Waals surface area contributed by atoms with Crippen molar-refractivity contribution in [2.45, 2.75) is 39.7 Å². The summed E-state index contributed by atoms with van der Waals surface area (Å²) in [5.41, 5.74) is 6.10. The van der Waals surface area contributed by atoms with Crippen LogP contribution in [0.25, 0.3) is 0 Å². The molecule has 1 fully saturated rings. The van der Waals surface area contributed by atoms with Crippen molar-refractivity contribution >= 4 is 23.5 Å². The van der Waals surface area contributed by atoms with E-state index in [1.54, 1.807) is 4.90 Å². The summed E-state index contributed by atoms with van der Waals surface area (Å²) in [5, 5.41) is 10.6. The Labute approximate surface area is 153 Å². The molecule has 3 rings (SSSR count). The number of piperidine rings is 1. The Hall–Kier alpha value is -2.90. The van der Waals surface area contributed by atoms with Gasteiger partial charge in [0.2, 0.25) is 11.7 Å². The molecule has 1 aromatic carbocycles. The fraction of sp³-hybridized carbons (Fsp3) is 0.444. The molecule has 8 heteroatoms. The summed E-state index contributed by atoms with van der Waals surface area (Å²) in [6, 6.07) is 9.56. The van der Waals surface area contributed by atoms with Crippen LogP contribution in [0.2, 0.25) is 0 Å². The molecule has 0 atom stereocenters. The van der Waals surface area contributed by atoms with Crippen LogP contribution in [0.4, 0.5) is 0 Å². The normalized spacial score (nSPS) is 16.0. The number of amides is 2. The fourth-order valence-corrected chi connectivity index (χ4v) is 2.57. The van der Waals surface area contributed by atoms with Crippen LogP contribution in [-0.2, 0) is 16.1 Å².